The van der Waals surface area contributed by atoms with E-state index in [0.29, 0.717) is 17.5 Å². The Morgan fingerprint density at radius 3 is 2.89 bits per heavy atom. The summed E-state index contributed by atoms with van der Waals surface area (Å²) in [5, 5.41) is 37.6. The summed E-state index contributed by atoms with van der Waals surface area (Å²) < 4.78 is 1.73. The van der Waals surface area contributed by atoms with Gasteiger partial charge in [0.15, 0.2) is 5.49 Å². The zero-order chi connectivity index (χ0) is 13.6. The van der Waals surface area contributed by atoms with Crippen LogP contribution in [0, 0.1) is 11.3 Å². The summed E-state index contributed by atoms with van der Waals surface area (Å²) in [5.41, 5.74) is 0.856. The molecule has 1 aliphatic rings. The molecule has 2 heterocycles. The second-order valence-corrected chi connectivity index (χ2v) is 4.97. The topological polar surface area (TPSA) is 118 Å². The van der Waals surface area contributed by atoms with E-state index in [1.165, 1.54) is 6.33 Å². The van der Waals surface area contributed by atoms with Crippen molar-refractivity contribution < 1.29 is 15.3 Å². The van der Waals surface area contributed by atoms with Crippen molar-refractivity contribution in [2.75, 3.05) is 6.61 Å². The molecule has 2 aromatic rings. The van der Waals surface area contributed by atoms with E-state index in [4.69, 9.17) is 5.41 Å². The monoisotopic (exact) mass is 264 g/mol. The highest BCUT2D eigenvalue weighted by Crippen LogP contribution is 2.35. The first-order valence-corrected chi connectivity index (χ1v) is 6.19. The van der Waals surface area contributed by atoms with Gasteiger partial charge in [0.25, 0.3) is 0 Å². The van der Waals surface area contributed by atoms with Crippen molar-refractivity contribution in [2.45, 2.75) is 24.7 Å². The summed E-state index contributed by atoms with van der Waals surface area (Å²) in [6, 6.07) is 1.39. The number of rotatable bonds is 2. The maximum atomic E-state index is 10.1. The van der Waals surface area contributed by atoms with Gasteiger partial charge in [-0.05, 0) is 12.5 Å². The van der Waals surface area contributed by atoms with Crippen LogP contribution in [-0.2, 0) is 0 Å². The Bertz CT molecular complexity index is 650. The third-order valence-electron chi connectivity index (χ3n) is 3.91. The third-order valence-corrected chi connectivity index (χ3v) is 3.91. The predicted octanol–water partition coefficient (Wildman–Crippen LogP) is -0.881. The lowest BCUT2D eigenvalue weighted by Crippen LogP contribution is -2.31. The van der Waals surface area contributed by atoms with Gasteiger partial charge in [-0.25, -0.2) is 4.98 Å². The van der Waals surface area contributed by atoms with Crippen molar-refractivity contribution in [3.8, 4) is 0 Å². The molecule has 19 heavy (non-hydrogen) atoms. The Labute approximate surface area is 108 Å². The molecule has 0 amide bonds. The van der Waals surface area contributed by atoms with Crippen LogP contribution in [0.4, 0.5) is 0 Å². The standard InChI is InChI=1S/C12H16N4O3/c13-11-7-1-2-14-12(7)16(5-15-11)8-3-6(4-17)9(18)10(8)19/h1-2,5-6,8-10,13-14,17-19H,3-4H2. The molecule has 7 nitrogen and oxygen atoms in total. The van der Waals surface area contributed by atoms with Crippen molar-refractivity contribution in [3.63, 3.8) is 0 Å². The van der Waals surface area contributed by atoms with Gasteiger partial charge >= 0.3 is 0 Å². The molecule has 0 spiro atoms. The molecule has 0 radical (unpaired) electrons. The lowest BCUT2D eigenvalue weighted by atomic mass is 10.1. The fraction of sp³-hybridized carbons (Fsp3) is 0.500. The minimum atomic E-state index is -0.952. The van der Waals surface area contributed by atoms with Gasteiger partial charge < -0.3 is 24.9 Å². The molecule has 0 aliphatic heterocycles. The number of aliphatic hydroxyl groups is 3. The lowest BCUT2D eigenvalue weighted by Gasteiger charge is -2.20. The first-order chi connectivity index (χ1) is 9.13. The Morgan fingerprint density at radius 2 is 2.21 bits per heavy atom. The van der Waals surface area contributed by atoms with Crippen LogP contribution in [0.5, 0.6) is 0 Å². The second-order valence-electron chi connectivity index (χ2n) is 4.97. The van der Waals surface area contributed by atoms with Gasteiger partial charge in [0.05, 0.1) is 23.9 Å². The Hall–Kier alpha value is -1.70. The van der Waals surface area contributed by atoms with E-state index >= 15 is 0 Å². The number of H-pyrrole nitrogens is 1. The van der Waals surface area contributed by atoms with Crippen LogP contribution in [0.15, 0.2) is 18.6 Å². The number of aliphatic hydroxyl groups excluding tert-OH is 3. The minimum absolute atomic E-state index is 0.160. The van der Waals surface area contributed by atoms with E-state index in [9.17, 15) is 15.3 Å². The quantitative estimate of drug-likeness (QED) is 0.484. The van der Waals surface area contributed by atoms with Crippen LogP contribution in [-0.4, -0.2) is 48.7 Å². The fourth-order valence-electron chi connectivity index (χ4n) is 2.82. The van der Waals surface area contributed by atoms with Crippen LogP contribution in [0.1, 0.15) is 12.5 Å². The van der Waals surface area contributed by atoms with Crippen molar-refractivity contribution in [1.82, 2.24) is 14.5 Å². The fourth-order valence-corrected chi connectivity index (χ4v) is 2.82. The summed E-state index contributed by atoms with van der Waals surface area (Å²) in [4.78, 5) is 7.01. The molecule has 0 aromatic carbocycles. The Morgan fingerprint density at radius 1 is 1.42 bits per heavy atom. The minimum Gasteiger partial charge on any atom is -0.396 e. The molecule has 4 unspecified atom stereocenters. The van der Waals surface area contributed by atoms with E-state index in [0.717, 1.165) is 0 Å². The van der Waals surface area contributed by atoms with Gasteiger partial charge in [0, 0.05) is 18.7 Å². The van der Waals surface area contributed by atoms with E-state index in [-0.39, 0.29) is 24.1 Å². The zero-order valence-corrected chi connectivity index (χ0v) is 10.2. The van der Waals surface area contributed by atoms with Gasteiger partial charge in [-0.1, -0.05) is 0 Å². The summed E-state index contributed by atoms with van der Waals surface area (Å²) in [6.07, 6.45) is 1.77. The number of hydrogen-bond acceptors (Lipinski definition) is 5. The molecular formula is C12H16N4O3. The smallest absolute Gasteiger partial charge is 0.157 e. The molecule has 1 fully saturated rings. The van der Waals surface area contributed by atoms with Crippen LogP contribution < -0.4 is 5.49 Å². The summed E-state index contributed by atoms with van der Waals surface area (Å²) in [5.74, 6) is -0.340. The first kappa shape index (κ1) is 12.3. The third kappa shape index (κ3) is 1.78. The predicted molar refractivity (Wildman–Crippen MR) is 66.2 cm³/mol. The van der Waals surface area contributed by atoms with Crippen molar-refractivity contribution >= 4 is 11.0 Å². The first-order valence-electron chi connectivity index (χ1n) is 6.19. The van der Waals surface area contributed by atoms with Crippen molar-refractivity contribution in [3.05, 3.63) is 24.1 Å². The van der Waals surface area contributed by atoms with Crippen molar-refractivity contribution in [2.24, 2.45) is 5.92 Å². The highest BCUT2D eigenvalue weighted by molar-refractivity contribution is 5.74. The molecule has 0 bridgehead atoms. The van der Waals surface area contributed by atoms with Crippen molar-refractivity contribution in [1.29, 1.82) is 5.41 Å². The average Bonchev–Trinajstić information content (AvgIpc) is 2.99. The van der Waals surface area contributed by atoms with E-state index in [2.05, 4.69) is 9.97 Å². The largest absolute Gasteiger partial charge is 0.396 e. The van der Waals surface area contributed by atoms with Crippen LogP contribution >= 0.6 is 0 Å². The number of aromatic amines is 1. The van der Waals surface area contributed by atoms with Gasteiger partial charge in [-0.2, -0.15) is 0 Å². The number of fused-ring (bicyclic) bond motifs is 1. The molecular weight excluding hydrogens is 248 g/mol. The molecule has 1 aliphatic carbocycles. The Kier molecular flexibility index (Phi) is 2.89. The summed E-state index contributed by atoms with van der Waals surface area (Å²) in [6.45, 7) is -0.160. The van der Waals surface area contributed by atoms with Gasteiger partial charge in [-0.3, -0.25) is 5.41 Å². The zero-order valence-electron chi connectivity index (χ0n) is 10.2. The summed E-state index contributed by atoms with van der Waals surface area (Å²) in [7, 11) is 0. The normalized spacial score (nSPS) is 31.1. The van der Waals surface area contributed by atoms with Crippen LogP contribution in [0.2, 0.25) is 0 Å². The molecule has 1 saturated carbocycles. The molecule has 2 aromatic heterocycles. The molecule has 0 saturated heterocycles. The second kappa shape index (κ2) is 4.44. The van der Waals surface area contributed by atoms with Gasteiger partial charge in [-0.15, -0.1) is 0 Å². The molecule has 5 N–H and O–H groups in total. The maximum Gasteiger partial charge on any atom is 0.157 e. The average molecular weight is 264 g/mol. The summed E-state index contributed by atoms with van der Waals surface area (Å²) >= 11 is 0. The maximum absolute atomic E-state index is 10.1. The lowest BCUT2D eigenvalue weighted by molar-refractivity contribution is -0.00380. The van der Waals surface area contributed by atoms with E-state index in [1.807, 2.05) is 0 Å². The number of nitrogens with one attached hydrogen (secondary N) is 2. The molecule has 3 rings (SSSR count). The van der Waals surface area contributed by atoms with Crippen LogP contribution in [0.3, 0.4) is 0 Å². The number of hydrogen-bond donors (Lipinski definition) is 5. The van der Waals surface area contributed by atoms with Gasteiger partial charge in [0.1, 0.15) is 11.8 Å². The highest BCUT2D eigenvalue weighted by atomic mass is 16.3. The highest BCUT2D eigenvalue weighted by Gasteiger charge is 2.42. The molecule has 102 valence electrons. The number of aromatic nitrogens is 3. The van der Waals surface area contributed by atoms with Crippen LogP contribution in [0.25, 0.3) is 11.0 Å². The van der Waals surface area contributed by atoms with E-state index in [1.54, 1.807) is 16.8 Å². The number of nitrogens with zero attached hydrogens (tertiary/aromatic N) is 2. The van der Waals surface area contributed by atoms with Gasteiger partial charge in [0.2, 0.25) is 0 Å². The Balaban J connectivity index is 2.08. The molecule has 7 heteroatoms. The SMILES string of the molecule is N=c1ncn(C2CC(CO)C(O)C2O)c2[nH]ccc12. The molecule has 4 atom stereocenters. The van der Waals surface area contributed by atoms with E-state index < -0.39 is 12.2 Å².